The summed E-state index contributed by atoms with van der Waals surface area (Å²) >= 11 is 1.84. The minimum atomic E-state index is 0.673. The van der Waals surface area contributed by atoms with E-state index in [9.17, 15) is 0 Å². The second kappa shape index (κ2) is 7.82. The zero-order valence-electron chi connectivity index (χ0n) is 10.8. The molecule has 16 heavy (non-hydrogen) atoms. The molecule has 0 aromatic carbocycles. The summed E-state index contributed by atoms with van der Waals surface area (Å²) in [5.41, 5.74) is 0. The second-order valence-corrected chi connectivity index (χ2v) is 5.27. The molecule has 2 N–H and O–H groups in total. The van der Waals surface area contributed by atoms with E-state index < -0.39 is 0 Å². The highest BCUT2D eigenvalue weighted by atomic mass is 32.2. The molecule has 0 aromatic rings. The fourth-order valence-electron chi connectivity index (χ4n) is 1.86. The van der Waals surface area contributed by atoms with Gasteiger partial charge in [0.15, 0.2) is 5.96 Å². The number of rotatable bonds is 7. The Morgan fingerprint density at radius 2 is 2.25 bits per heavy atom. The van der Waals surface area contributed by atoms with Crippen molar-refractivity contribution in [3.63, 3.8) is 0 Å². The van der Waals surface area contributed by atoms with Gasteiger partial charge in [0.05, 0.1) is 6.54 Å². The lowest BCUT2D eigenvalue weighted by Crippen LogP contribution is -2.39. The van der Waals surface area contributed by atoms with E-state index in [0.717, 1.165) is 30.7 Å². The van der Waals surface area contributed by atoms with Crippen LogP contribution in [0, 0.1) is 5.92 Å². The van der Waals surface area contributed by atoms with E-state index in [-0.39, 0.29) is 0 Å². The topological polar surface area (TPSA) is 36.4 Å². The van der Waals surface area contributed by atoms with Crippen molar-refractivity contribution >= 4 is 17.7 Å². The van der Waals surface area contributed by atoms with Crippen molar-refractivity contribution in [3.8, 4) is 0 Å². The van der Waals surface area contributed by atoms with E-state index >= 15 is 0 Å². The van der Waals surface area contributed by atoms with Gasteiger partial charge in [-0.05, 0) is 31.9 Å². The highest BCUT2D eigenvalue weighted by Gasteiger charge is 2.36. The molecule has 1 aliphatic rings. The smallest absolute Gasteiger partial charge is 0.191 e. The Hall–Kier alpha value is -0.380. The van der Waals surface area contributed by atoms with Crippen molar-refractivity contribution in [2.24, 2.45) is 10.9 Å². The molecule has 0 bridgehead atoms. The predicted octanol–water partition coefficient (Wildman–Crippen LogP) is 2.09. The molecule has 0 spiro atoms. The highest BCUT2D eigenvalue weighted by molar-refractivity contribution is 7.98. The summed E-state index contributed by atoms with van der Waals surface area (Å²) in [6, 6.07) is 0.673. The first-order chi connectivity index (χ1) is 7.81. The molecule has 2 unspecified atom stereocenters. The van der Waals surface area contributed by atoms with Gasteiger partial charge in [-0.25, -0.2) is 0 Å². The number of hydrogen-bond donors (Lipinski definition) is 2. The third-order valence-corrected chi connectivity index (χ3v) is 3.40. The lowest BCUT2D eigenvalue weighted by molar-refractivity contribution is 0.656. The molecule has 94 valence electrons. The van der Waals surface area contributed by atoms with Gasteiger partial charge in [0.25, 0.3) is 0 Å². The quantitative estimate of drug-likeness (QED) is 0.408. The molecule has 0 saturated heterocycles. The van der Waals surface area contributed by atoms with Gasteiger partial charge in [-0.3, -0.25) is 4.99 Å². The van der Waals surface area contributed by atoms with Crippen LogP contribution in [0.3, 0.4) is 0 Å². The van der Waals surface area contributed by atoms with E-state index in [4.69, 9.17) is 0 Å². The third kappa shape index (κ3) is 5.10. The zero-order valence-corrected chi connectivity index (χ0v) is 11.6. The highest BCUT2D eigenvalue weighted by Crippen LogP contribution is 2.34. The Balaban J connectivity index is 2.25. The SMILES string of the molecule is CCCC1CC1NC(=NCCSC)NCC. The first-order valence-corrected chi connectivity index (χ1v) is 7.75. The fraction of sp³-hybridized carbons (Fsp3) is 0.917. The Bertz CT molecular complexity index is 218. The van der Waals surface area contributed by atoms with Gasteiger partial charge in [-0.2, -0.15) is 11.8 Å². The average Bonchev–Trinajstić information content (AvgIpc) is 2.98. The molecule has 1 rings (SSSR count). The van der Waals surface area contributed by atoms with Gasteiger partial charge in [-0.1, -0.05) is 13.3 Å². The molecule has 1 fully saturated rings. The summed E-state index contributed by atoms with van der Waals surface area (Å²) in [6.45, 7) is 6.22. The van der Waals surface area contributed by atoms with E-state index in [1.54, 1.807) is 0 Å². The monoisotopic (exact) mass is 243 g/mol. The molecule has 4 heteroatoms. The molecule has 0 heterocycles. The molecule has 0 amide bonds. The Labute approximate surface area is 104 Å². The standard InChI is InChI=1S/C12H25N3S/c1-4-6-10-9-11(10)15-12(13-5-2)14-7-8-16-3/h10-11H,4-9H2,1-3H3,(H2,13,14,15). The molecule has 1 aliphatic carbocycles. The van der Waals surface area contributed by atoms with Crippen LogP contribution in [0.1, 0.15) is 33.1 Å². The lowest BCUT2D eigenvalue weighted by Gasteiger charge is -2.10. The van der Waals surface area contributed by atoms with Gasteiger partial charge in [0.2, 0.25) is 0 Å². The molecule has 0 radical (unpaired) electrons. The van der Waals surface area contributed by atoms with Crippen LogP contribution in [0.4, 0.5) is 0 Å². The lowest BCUT2D eigenvalue weighted by atomic mass is 10.2. The number of aliphatic imine (C=N–C) groups is 1. The Kier molecular flexibility index (Phi) is 6.69. The second-order valence-electron chi connectivity index (χ2n) is 4.29. The summed E-state index contributed by atoms with van der Waals surface area (Å²) in [4.78, 5) is 4.55. The van der Waals surface area contributed by atoms with Crippen LogP contribution in [-0.4, -0.2) is 37.1 Å². The van der Waals surface area contributed by atoms with Crippen LogP contribution >= 0.6 is 11.8 Å². The van der Waals surface area contributed by atoms with Crippen molar-refractivity contribution in [2.45, 2.75) is 39.2 Å². The summed E-state index contributed by atoms with van der Waals surface area (Å²) in [5.74, 6) is 2.98. The molecular formula is C12H25N3S. The molecule has 2 atom stereocenters. The fourth-order valence-corrected chi connectivity index (χ4v) is 2.13. The van der Waals surface area contributed by atoms with E-state index in [0.29, 0.717) is 6.04 Å². The maximum Gasteiger partial charge on any atom is 0.191 e. The minimum Gasteiger partial charge on any atom is -0.357 e. The first kappa shape index (κ1) is 13.7. The van der Waals surface area contributed by atoms with Crippen molar-refractivity contribution in [1.29, 1.82) is 0 Å². The summed E-state index contributed by atoms with van der Waals surface area (Å²) in [6.07, 6.45) is 6.08. The summed E-state index contributed by atoms with van der Waals surface area (Å²) in [7, 11) is 0. The maximum atomic E-state index is 4.55. The molecule has 0 aliphatic heterocycles. The normalized spacial score (nSPS) is 24.3. The number of nitrogens with one attached hydrogen (secondary N) is 2. The summed E-state index contributed by atoms with van der Waals surface area (Å²) in [5, 5.41) is 6.82. The predicted molar refractivity (Wildman–Crippen MR) is 74.3 cm³/mol. The maximum absolute atomic E-state index is 4.55. The third-order valence-electron chi connectivity index (χ3n) is 2.81. The van der Waals surface area contributed by atoms with E-state index in [1.165, 1.54) is 19.3 Å². The molecule has 3 nitrogen and oxygen atoms in total. The van der Waals surface area contributed by atoms with Crippen LogP contribution in [0.5, 0.6) is 0 Å². The van der Waals surface area contributed by atoms with Gasteiger partial charge in [0.1, 0.15) is 0 Å². The Morgan fingerprint density at radius 3 is 2.88 bits per heavy atom. The van der Waals surface area contributed by atoms with Crippen molar-refractivity contribution in [2.75, 3.05) is 25.1 Å². The van der Waals surface area contributed by atoms with Crippen molar-refractivity contribution in [3.05, 3.63) is 0 Å². The number of nitrogens with zero attached hydrogens (tertiary/aromatic N) is 1. The molecule has 0 aromatic heterocycles. The van der Waals surface area contributed by atoms with Crippen LogP contribution in [0.25, 0.3) is 0 Å². The largest absolute Gasteiger partial charge is 0.357 e. The van der Waals surface area contributed by atoms with Crippen LogP contribution in [0.2, 0.25) is 0 Å². The average molecular weight is 243 g/mol. The van der Waals surface area contributed by atoms with Gasteiger partial charge in [-0.15, -0.1) is 0 Å². The van der Waals surface area contributed by atoms with E-state index in [1.807, 2.05) is 11.8 Å². The number of thioether (sulfide) groups is 1. The van der Waals surface area contributed by atoms with Crippen LogP contribution in [0.15, 0.2) is 4.99 Å². The van der Waals surface area contributed by atoms with Crippen molar-refractivity contribution in [1.82, 2.24) is 10.6 Å². The minimum absolute atomic E-state index is 0.673. The van der Waals surface area contributed by atoms with Crippen LogP contribution in [-0.2, 0) is 0 Å². The molecule has 1 saturated carbocycles. The number of guanidine groups is 1. The van der Waals surface area contributed by atoms with Gasteiger partial charge >= 0.3 is 0 Å². The zero-order chi connectivity index (χ0) is 11.8. The first-order valence-electron chi connectivity index (χ1n) is 6.35. The molecular weight excluding hydrogens is 218 g/mol. The van der Waals surface area contributed by atoms with Gasteiger partial charge < -0.3 is 10.6 Å². The van der Waals surface area contributed by atoms with Gasteiger partial charge in [0, 0.05) is 18.3 Å². The van der Waals surface area contributed by atoms with Crippen LogP contribution < -0.4 is 10.6 Å². The van der Waals surface area contributed by atoms with E-state index in [2.05, 4.69) is 35.7 Å². The Morgan fingerprint density at radius 1 is 1.44 bits per heavy atom. The van der Waals surface area contributed by atoms with Crippen molar-refractivity contribution < 1.29 is 0 Å². The number of hydrogen-bond acceptors (Lipinski definition) is 2. The summed E-state index contributed by atoms with van der Waals surface area (Å²) < 4.78 is 0.